The molecule has 2 rings (SSSR count). The van der Waals surface area contributed by atoms with Gasteiger partial charge in [0.05, 0.1) is 32.0 Å². The summed E-state index contributed by atoms with van der Waals surface area (Å²) in [5.41, 5.74) is 1.43. The lowest BCUT2D eigenvalue weighted by atomic mass is 10.2. The van der Waals surface area contributed by atoms with E-state index in [2.05, 4.69) is 24.7 Å². The van der Waals surface area contributed by atoms with Gasteiger partial charge in [0, 0.05) is 33.1 Å². The van der Waals surface area contributed by atoms with E-state index in [-0.39, 0.29) is 5.91 Å². The van der Waals surface area contributed by atoms with Gasteiger partial charge < -0.3 is 14.2 Å². The number of aromatic nitrogens is 2. The van der Waals surface area contributed by atoms with Gasteiger partial charge in [-0.15, -0.1) is 0 Å². The third-order valence-corrected chi connectivity index (χ3v) is 5.51. The average molecular weight is 350 g/mol. The third kappa shape index (κ3) is 4.15. The van der Waals surface area contributed by atoms with E-state index in [0.717, 1.165) is 17.1 Å². The molecule has 0 aliphatic rings. The first kappa shape index (κ1) is 18.5. The largest absolute Gasteiger partial charge is 0.493 e. The number of fused-ring (bicyclic) bond motifs is 1. The van der Waals surface area contributed by atoms with Crippen LogP contribution in [0.2, 0.25) is 25.7 Å². The molecule has 0 N–H and O–H groups in total. The van der Waals surface area contributed by atoms with Crippen molar-refractivity contribution in [3.05, 3.63) is 17.8 Å². The second kappa shape index (κ2) is 7.35. The first-order valence-electron chi connectivity index (χ1n) is 7.99. The fourth-order valence-electron chi connectivity index (χ4n) is 2.41. The van der Waals surface area contributed by atoms with E-state index in [4.69, 9.17) is 14.2 Å². The molecule has 0 saturated carbocycles. The summed E-state index contributed by atoms with van der Waals surface area (Å²) in [6.07, 6.45) is 0. The number of methoxy groups -OCH3 is 2. The maximum Gasteiger partial charge on any atom is 0.244 e. The van der Waals surface area contributed by atoms with E-state index in [1.54, 1.807) is 20.3 Å². The highest BCUT2D eigenvalue weighted by Crippen LogP contribution is 2.33. The number of hydrogen-bond acceptors (Lipinski definition) is 5. The second-order valence-corrected chi connectivity index (χ2v) is 12.6. The Morgan fingerprint density at radius 1 is 1.17 bits per heavy atom. The van der Waals surface area contributed by atoms with Crippen LogP contribution in [0, 0.1) is 0 Å². The van der Waals surface area contributed by atoms with Gasteiger partial charge in [-0.05, 0) is 12.1 Å². The van der Waals surface area contributed by atoms with Crippen molar-refractivity contribution in [2.45, 2.75) is 39.2 Å². The molecule has 0 saturated heterocycles. The molecule has 0 fully saturated rings. The number of rotatable bonds is 7. The van der Waals surface area contributed by atoms with E-state index >= 15 is 0 Å². The molecule has 0 spiro atoms. The van der Waals surface area contributed by atoms with Crippen molar-refractivity contribution >= 4 is 24.9 Å². The maximum atomic E-state index is 11.9. The SMILES string of the molecule is COc1cc2nn(C(C)=O)c(COCC[Si](C)(C)C)c2cc1OC. The number of carbonyl (C=O) groups is 1. The zero-order valence-electron chi connectivity index (χ0n) is 15.3. The summed E-state index contributed by atoms with van der Waals surface area (Å²) >= 11 is 0. The van der Waals surface area contributed by atoms with Crippen molar-refractivity contribution < 1.29 is 19.0 Å². The summed E-state index contributed by atoms with van der Waals surface area (Å²) in [5, 5.41) is 5.23. The predicted octanol–water partition coefficient (Wildman–Crippen LogP) is 3.57. The minimum Gasteiger partial charge on any atom is -0.493 e. The molecule has 2 aromatic rings. The van der Waals surface area contributed by atoms with Crippen LogP contribution in [0.25, 0.3) is 10.9 Å². The van der Waals surface area contributed by atoms with Crippen molar-refractivity contribution in [1.29, 1.82) is 0 Å². The number of carbonyl (C=O) groups excluding carboxylic acids is 1. The molecule has 0 aliphatic heterocycles. The van der Waals surface area contributed by atoms with E-state index in [1.165, 1.54) is 11.6 Å². The lowest BCUT2D eigenvalue weighted by Gasteiger charge is -2.15. The Balaban J connectivity index is 2.35. The van der Waals surface area contributed by atoms with Crippen LogP contribution >= 0.6 is 0 Å². The fraction of sp³-hybridized carbons (Fsp3) is 0.529. The van der Waals surface area contributed by atoms with Crippen LogP contribution in [-0.2, 0) is 11.3 Å². The highest BCUT2D eigenvalue weighted by molar-refractivity contribution is 6.76. The summed E-state index contributed by atoms with van der Waals surface area (Å²) in [6, 6.07) is 4.70. The Bertz CT molecular complexity index is 734. The van der Waals surface area contributed by atoms with Gasteiger partial charge in [0.15, 0.2) is 11.5 Å². The molecule has 0 bridgehead atoms. The smallest absolute Gasteiger partial charge is 0.244 e. The van der Waals surface area contributed by atoms with Crippen molar-refractivity contribution in [2.75, 3.05) is 20.8 Å². The Hall–Kier alpha value is -1.86. The Labute approximate surface area is 143 Å². The van der Waals surface area contributed by atoms with Crippen LogP contribution in [0.4, 0.5) is 0 Å². The summed E-state index contributed by atoms with van der Waals surface area (Å²) in [7, 11) is 2.02. The number of ether oxygens (including phenoxy) is 3. The van der Waals surface area contributed by atoms with Crippen LogP contribution in [0.3, 0.4) is 0 Å². The molecule has 1 aromatic carbocycles. The van der Waals surface area contributed by atoms with Gasteiger partial charge in [0.2, 0.25) is 5.91 Å². The average Bonchev–Trinajstić information content (AvgIpc) is 2.87. The summed E-state index contributed by atoms with van der Waals surface area (Å²) in [5.74, 6) is 1.05. The first-order chi connectivity index (χ1) is 11.3. The van der Waals surface area contributed by atoms with E-state index < -0.39 is 8.07 Å². The minimum absolute atomic E-state index is 0.145. The molecular weight excluding hydrogens is 324 g/mol. The Morgan fingerprint density at radius 3 is 2.33 bits per heavy atom. The van der Waals surface area contributed by atoms with Crippen LogP contribution < -0.4 is 9.47 Å². The van der Waals surface area contributed by atoms with Crippen LogP contribution in [0.1, 0.15) is 17.4 Å². The lowest BCUT2D eigenvalue weighted by Crippen LogP contribution is -2.22. The van der Waals surface area contributed by atoms with Crippen LogP contribution in [0.15, 0.2) is 12.1 Å². The van der Waals surface area contributed by atoms with Crippen molar-refractivity contribution in [3.63, 3.8) is 0 Å². The third-order valence-electron chi connectivity index (χ3n) is 3.81. The Morgan fingerprint density at radius 2 is 1.79 bits per heavy atom. The number of hydrogen-bond donors (Lipinski definition) is 0. The monoisotopic (exact) mass is 350 g/mol. The molecule has 1 heterocycles. The normalized spacial score (nSPS) is 11.8. The molecular formula is C17H26N2O4Si. The molecule has 0 atom stereocenters. The lowest BCUT2D eigenvalue weighted by molar-refractivity contribution is 0.0889. The molecule has 0 aliphatic carbocycles. The summed E-state index contributed by atoms with van der Waals surface area (Å²) in [4.78, 5) is 11.9. The molecule has 1 aromatic heterocycles. The molecule has 7 heteroatoms. The first-order valence-corrected chi connectivity index (χ1v) is 11.7. The topological polar surface area (TPSA) is 62.6 Å². The van der Waals surface area contributed by atoms with Crippen molar-refractivity contribution in [3.8, 4) is 11.5 Å². The molecule has 0 radical (unpaired) electrons. The van der Waals surface area contributed by atoms with Crippen molar-refractivity contribution in [1.82, 2.24) is 9.78 Å². The van der Waals surface area contributed by atoms with Crippen molar-refractivity contribution in [2.24, 2.45) is 0 Å². The second-order valence-electron chi connectivity index (χ2n) is 6.97. The molecule has 6 nitrogen and oxygen atoms in total. The van der Waals surface area contributed by atoms with Gasteiger partial charge in [-0.1, -0.05) is 19.6 Å². The van der Waals surface area contributed by atoms with E-state index in [1.807, 2.05) is 6.07 Å². The molecule has 24 heavy (non-hydrogen) atoms. The Kier molecular flexibility index (Phi) is 5.66. The predicted molar refractivity (Wildman–Crippen MR) is 96.9 cm³/mol. The number of benzene rings is 1. The molecule has 0 amide bonds. The summed E-state index contributed by atoms with van der Waals surface area (Å²) in [6.45, 7) is 9.45. The van der Waals surface area contributed by atoms with Gasteiger partial charge >= 0.3 is 0 Å². The van der Waals surface area contributed by atoms with Gasteiger partial charge in [0.1, 0.15) is 0 Å². The highest BCUT2D eigenvalue weighted by atomic mass is 28.3. The zero-order chi connectivity index (χ0) is 17.9. The quantitative estimate of drug-likeness (QED) is 0.564. The minimum atomic E-state index is -1.15. The number of nitrogens with zero attached hydrogens (tertiary/aromatic N) is 2. The van der Waals surface area contributed by atoms with Crippen LogP contribution in [0.5, 0.6) is 11.5 Å². The van der Waals surface area contributed by atoms with E-state index in [0.29, 0.717) is 30.2 Å². The van der Waals surface area contributed by atoms with Gasteiger partial charge in [-0.3, -0.25) is 4.79 Å². The van der Waals surface area contributed by atoms with Gasteiger partial charge in [-0.2, -0.15) is 5.10 Å². The van der Waals surface area contributed by atoms with E-state index in [9.17, 15) is 4.79 Å². The summed E-state index contributed by atoms with van der Waals surface area (Å²) < 4.78 is 17.9. The maximum absolute atomic E-state index is 11.9. The highest BCUT2D eigenvalue weighted by Gasteiger charge is 2.18. The van der Waals surface area contributed by atoms with Gasteiger partial charge in [-0.25, -0.2) is 4.68 Å². The van der Waals surface area contributed by atoms with Gasteiger partial charge in [0.25, 0.3) is 0 Å². The molecule has 132 valence electrons. The fourth-order valence-corrected chi connectivity index (χ4v) is 3.17. The van der Waals surface area contributed by atoms with Crippen LogP contribution in [-0.4, -0.2) is 44.6 Å². The zero-order valence-corrected chi connectivity index (χ0v) is 16.3. The standard InChI is InChI=1S/C17H26N2O4Si/c1-12(20)19-15(11-23-7-8-24(4,5)6)13-9-16(21-2)17(22-3)10-14(13)18-19/h9-10H,7-8,11H2,1-6H3. The molecule has 0 unspecified atom stereocenters.